The maximum Gasteiger partial charge on any atom is 0.379 e. The Morgan fingerprint density at radius 3 is 2.61 bits per heavy atom. The standard InChI is InChI=1S/C35H25BrCl2N2O6/c1-3-42-31-12-19(5-11-28(31)43-17-20-4-7-22(37)14-27(20)38)32-25-10-8-23(15-30(25)46-34(40)26(32)16-39)44-35(41)33-18(2)24-9-6-21(36)13-29(24)45-33/h4-15,32H,3,17,40H2,1-2H3. The highest BCUT2D eigenvalue weighted by Crippen LogP contribution is 2.45. The lowest BCUT2D eigenvalue weighted by atomic mass is 9.83. The number of nitrogens with zero attached hydrogens (tertiary/aromatic N) is 1. The minimum atomic E-state index is -0.657. The normalized spacial score (nSPS) is 14.0. The van der Waals surface area contributed by atoms with Gasteiger partial charge in [-0.05, 0) is 67.9 Å². The second-order valence-electron chi connectivity index (χ2n) is 10.4. The number of nitrogens with two attached hydrogens (primary N) is 1. The molecule has 2 N–H and O–H groups in total. The van der Waals surface area contributed by atoms with Crippen molar-refractivity contribution in [3.63, 3.8) is 0 Å². The van der Waals surface area contributed by atoms with Gasteiger partial charge in [-0.25, -0.2) is 4.79 Å². The van der Waals surface area contributed by atoms with Crippen LogP contribution in [0, 0.1) is 18.3 Å². The summed E-state index contributed by atoms with van der Waals surface area (Å²) >= 11 is 15.8. The lowest BCUT2D eigenvalue weighted by Crippen LogP contribution is -2.21. The first kappa shape index (κ1) is 31.4. The number of nitriles is 1. The molecule has 0 amide bonds. The minimum absolute atomic E-state index is 0.0575. The van der Waals surface area contributed by atoms with E-state index in [-0.39, 0.29) is 29.6 Å². The number of rotatable bonds is 8. The van der Waals surface area contributed by atoms with Gasteiger partial charge in [-0.3, -0.25) is 0 Å². The zero-order chi connectivity index (χ0) is 32.5. The van der Waals surface area contributed by atoms with Gasteiger partial charge >= 0.3 is 5.97 Å². The van der Waals surface area contributed by atoms with Crippen molar-refractivity contribution in [3.05, 3.63) is 127 Å². The second-order valence-corrected chi connectivity index (χ2v) is 12.1. The van der Waals surface area contributed by atoms with Crippen molar-refractivity contribution in [2.75, 3.05) is 6.61 Å². The number of hydrogen-bond donors (Lipinski definition) is 1. The molecule has 1 unspecified atom stereocenters. The van der Waals surface area contributed by atoms with E-state index < -0.39 is 11.9 Å². The van der Waals surface area contributed by atoms with Crippen LogP contribution in [0.3, 0.4) is 0 Å². The van der Waals surface area contributed by atoms with E-state index in [1.165, 1.54) is 0 Å². The first-order valence-electron chi connectivity index (χ1n) is 14.1. The van der Waals surface area contributed by atoms with Crippen LogP contribution < -0.4 is 24.7 Å². The van der Waals surface area contributed by atoms with Crippen LogP contribution >= 0.6 is 39.1 Å². The van der Waals surface area contributed by atoms with Gasteiger partial charge in [0.2, 0.25) is 11.6 Å². The van der Waals surface area contributed by atoms with E-state index in [0.717, 1.165) is 21.0 Å². The minimum Gasteiger partial charge on any atom is -0.490 e. The number of aryl methyl sites for hydroxylation is 1. The molecule has 1 aliphatic heterocycles. The van der Waals surface area contributed by atoms with E-state index in [4.69, 9.17) is 52.3 Å². The summed E-state index contributed by atoms with van der Waals surface area (Å²) in [5.41, 5.74) is 9.84. The fourth-order valence-corrected chi connectivity index (χ4v) is 6.08. The summed E-state index contributed by atoms with van der Waals surface area (Å²) in [6, 6.07) is 23.3. The molecule has 0 fully saturated rings. The van der Waals surface area contributed by atoms with Gasteiger partial charge in [0.25, 0.3) is 0 Å². The summed E-state index contributed by atoms with van der Waals surface area (Å²) in [5, 5.41) is 11.9. The number of halogens is 3. The Labute approximate surface area is 282 Å². The molecule has 0 bridgehead atoms. The molecule has 6 rings (SSSR count). The van der Waals surface area contributed by atoms with Crippen LogP contribution in [-0.2, 0) is 6.61 Å². The molecular formula is C35H25BrCl2N2O6. The molecule has 232 valence electrons. The number of carbonyl (C=O) groups is 1. The first-order chi connectivity index (χ1) is 22.2. The monoisotopic (exact) mass is 718 g/mol. The third-order valence-electron chi connectivity index (χ3n) is 7.49. The Morgan fingerprint density at radius 2 is 1.85 bits per heavy atom. The molecule has 46 heavy (non-hydrogen) atoms. The summed E-state index contributed by atoms with van der Waals surface area (Å²) in [5.74, 6) is 0.327. The van der Waals surface area contributed by atoms with Crippen LogP contribution in [0.2, 0.25) is 10.0 Å². The zero-order valence-electron chi connectivity index (χ0n) is 24.5. The van der Waals surface area contributed by atoms with Crippen molar-refractivity contribution >= 4 is 56.1 Å². The quantitative estimate of drug-likeness (QED) is 0.125. The molecule has 0 spiro atoms. The SMILES string of the molecule is CCOc1cc(C2C(C#N)=C(N)Oc3cc(OC(=O)c4oc5cc(Br)ccc5c4C)ccc32)ccc1OCc1ccc(Cl)cc1Cl. The van der Waals surface area contributed by atoms with Crippen molar-refractivity contribution in [2.45, 2.75) is 26.4 Å². The number of allylic oxidation sites excluding steroid dienone is 1. The van der Waals surface area contributed by atoms with Gasteiger partial charge in [-0.2, -0.15) is 5.26 Å². The highest BCUT2D eigenvalue weighted by Gasteiger charge is 2.32. The molecule has 5 aromatic rings. The maximum absolute atomic E-state index is 13.1. The average molecular weight is 720 g/mol. The molecule has 0 saturated heterocycles. The zero-order valence-corrected chi connectivity index (χ0v) is 27.6. The predicted octanol–water partition coefficient (Wildman–Crippen LogP) is 9.23. The van der Waals surface area contributed by atoms with E-state index in [2.05, 4.69) is 22.0 Å². The van der Waals surface area contributed by atoms with Crippen molar-refractivity contribution in [3.8, 4) is 29.1 Å². The smallest absolute Gasteiger partial charge is 0.379 e. The number of furan rings is 1. The number of carbonyl (C=O) groups excluding carboxylic acids is 1. The van der Waals surface area contributed by atoms with Crippen LogP contribution in [0.4, 0.5) is 0 Å². The van der Waals surface area contributed by atoms with Crippen molar-refractivity contribution in [1.29, 1.82) is 5.26 Å². The molecule has 1 aromatic heterocycles. The second kappa shape index (κ2) is 13.0. The molecule has 4 aromatic carbocycles. The van der Waals surface area contributed by atoms with E-state index >= 15 is 0 Å². The molecule has 0 saturated carbocycles. The molecule has 0 radical (unpaired) electrons. The van der Waals surface area contributed by atoms with Crippen LogP contribution in [-0.4, -0.2) is 12.6 Å². The van der Waals surface area contributed by atoms with E-state index in [0.29, 0.717) is 50.6 Å². The summed E-state index contributed by atoms with van der Waals surface area (Å²) in [7, 11) is 0. The van der Waals surface area contributed by atoms with Gasteiger partial charge in [0.05, 0.1) is 12.5 Å². The maximum atomic E-state index is 13.1. The van der Waals surface area contributed by atoms with Crippen LogP contribution in [0.25, 0.3) is 11.0 Å². The average Bonchev–Trinajstić information content (AvgIpc) is 3.35. The van der Waals surface area contributed by atoms with Gasteiger partial charge in [0.15, 0.2) is 11.5 Å². The third-order valence-corrected chi connectivity index (χ3v) is 8.57. The van der Waals surface area contributed by atoms with E-state index in [1.807, 2.05) is 31.2 Å². The molecule has 2 heterocycles. The number of benzene rings is 4. The van der Waals surface area contributed by atoms with E-state index in [1.54, 1.807) is 55.5 Å². The highest BCUT2D eigenvalue weighted by molar-refractivity contribution is 9.10. The molecule has 1 aliphatic rings. The van der Waals surface area contributed by atoms with Gasteiger partial charge in [-0.15, -0.1) is 0 Å². The lowest BCUT2D eigenvalue weighted by Gasteiger charge is -2.27. The Bertz CT molecular complexity index is 2080. The summed E-state index contributed by atoms with van der Waals surface area (Å²) in [6.45, 7) is 4.24. The van der Waals surface area contributed by atoms with Crippen LogP contribution in [0.5, 0.6) is 23.0 Å². The summed E-state index contributed by atoms with van der Waals surface area (Å²) in [6.07, 6.45) is 0. The number of esters is 1. The number of hydrogen-bond acceptors (Lipinski definition) is 8. The largest absolute Gasteiger partial charge is 0.490 e. The number of fused-ring (bicyclic) bond motifs is 2. The van der Waals surface area contributed by atoms with E-state index in [9.17, 15) is 10.1 Å². The summed E-state index contributed by atoms with van der Waals surface area (Å²) in [4.78, 5) is 13.1. The lowest BCUT2D eigenvalue weighted by molar-refractivity contribution is 0.0702. The van der Waals surface area contributed by atoms with Crippen LogP contribution in [0.15, 0.2) is 93.1 Å². The fourth-order valence-electron chi connectivity index (χ4n) is 5.28. The van der Waals surface area contributed by atoms with Crippen molar-refractivity contribution < 1.29 is 28.2 Å². The Balaban J connectivity index is 1.29. The molecule has 11 heteroatoms. The molecule has 0 aliphatic carbocycles. The first-order valence-corrected chi connectivity index (χ1v) is 15.7. The molecule has 1 atom stereocenters. The topological polar surface area (TPSA) is 117 Å². The Hall–Kier alpha value is -4.62. The Morgan fingerprint density at radius 1 is 1.02 bits per heavy atom. The van der Waals surface area contributed by atoms with Crippen molar-refractivity contribution in [1.82, 2.24) is 0 Å². The molecule has 8 nitrogen and oxygen atoms in total. The van der Waals surface area contributed by atoms with Crippen LogP contribution in [0.1, 0.15) is 45.7 Å². The highest BCUT2D eigenvalue weighted by atomic mass is 79.9. The van der Waals surface area contributed by atoms with Gasteiger partial charge in [0, 0.05) is 42.7 Å². The van der Waals surface area contributed by atoms with Crippen molar-refractivity contribution in [2.24, 2.45) is 5.73 Å². The molecular weight excluding hydrogens is 695 g/mol. The fraction of sp³-hybridized carbons (Fsp3) is 0.143. The summed E-state index contributed by atoms with van der Waals surface area (Å²) < 4.78 is 30.2. The Kier molecular flexibility index (Phi) is 8.87. The van der Waals surface area contributed by atoms with Gasteiger partial charge < -0.3 is 29.1 Å². The third kappa shape index (κ3) is 6.12. The van der Waals surface area contributed by atoms with Gasteiger partial charge in [0.1, 0.15) is 35.3 Å². The van der Waals surface area contributed by atoms with Gasteiger partial charge in [-0.1, -0.05) is 57.3 Å². The number of ether oxygens (including phenoxy) is 4. The predicted molar refractivity (Wildman–Crippen MR) is 178 cm³/mol.